The van der Waals surface area contributed by atoms with Gasteiger partial charge in [-0.2, -0.15) is 0 Å². The second-order valence-corrected chi connectivity index (χ2v) is 10.4. The second kappa shape index (κ2) is 10.1. The van der Waals surface area contributed by atoms with Gasteiger partial charge < -0.3 is 20.1 Å². The van der Waals surface area contributed by atoms with Crippen LogP contribution in [0.3, 0.4) is 0 Å². The number of hydrogen-bond donors (Lipinski definition) is 2. The average Bonchev–Trinajstić information content (AvgIpc) is 3.37. The largest absolute Gasteiger partial charge is 0.480 e. The molecule has 0 aliphatic carbocycles. The molecule has 12 heteroatoms. The van der Waals surface area contributed by atoms with E-state index in [1.54, 1.807) is 0 Å². The molecule has 2 N–H and O–H groups in total. The molecule has 0 radical (unpaired) electrons. The van der Waals surface area contributed by atoms with Gasteiger partial charge in [-0.05, 0) is 36.2 Å². The van der Waals surface area contributed by atoms with Crippen LogP contribution in [0.15, 0.2) is 24.5 Å². The Morgan fingerprint density at radius 3 is 2.89 bits per heavy atom. The number of fused-ring (bicyclic) bond motifs is 1. The number of urea groups is 1. The minimum absolute atomic E-state index is 0.0366. The van der Waals surface area contributed by atoms with E-state index in [0.717, 1.165) is 54.9 Å². The minimum Gasteiger partial charge on any atom is -0.480 e. The fourth-order valence-corrected chi connectivity index (χ4v) is 5.97. The standard InChI is InChI=1S/C24H24ClN5O5S/c1-13-4-14(25)5-18(17(13)6-15-8-26-2-3-35-15)22-23-19(27-12-28-22)7-16(36-23)9-30-20(31)10-29(24(30)34)11-21(32)33/h4-5,7,12,15,26H,2-3,6,8-11H2,1H3,(H,32,33)/t15-/m1/s1. The molecule has 36 heavy (non-hydrogen) atoms. The lowest BCUT2D eigenvalue weighted by molar-refractivity contribution is -0.137. The van der Waals surface area contributed by atoms with Gasteiger partial charge in [-0.25, -0.2) is 14.8 Å². The molecule has 2 aliphatic heterocycles. The number of imide groups is 1. The van der Waals surface area contributed by atoms with E-state index in [2.05, 4.69) is 15.3 Å². The van der Waals surface area contributed by atoms with E-state index < -0.39 is 24.5 Å². The second-order valence-electron chi connectivity index (χ2n) is 8.81. The van der Waals surface area contributed by atoms with Crippen LogP contribution in [-0.4, -0.2) is 81.7 Å². The Morgan fingerprint density at radius 2 is 2.14 bits per heavy atom. The summed E-state index contributed by atoms with van der Waals surface area (Å²) in [6.07, 6.45) is 2.23. The van der Waals surface area contributed by atoms with Gasteiger partial charge in [0.25, 0.3) is 5.91 Å². The first kappa shape index (κ1) is 24.6. The van der Waals surface area contributed by atoms with Crippen LogP contribution in [0, 0.1) is 6.92 Å². The van der Waals surface area contributed by atoms with Crippen molar-refractivity contribution in [3.05, 3.63) is 45.6 Å². The normalized spacial score (nSPS) is 18.4. The van der Waals surface area contributed by atoms with Gasteiger partial charge in [0, 0.05) is 35.0 Å². The van der Waals surface area contributed by atoms with Crippen molar-refractivity contribution in [1.29, 1.82) is 0 Å². The molecule has 5 rings (SSSR count). The number of carboxylic acids is 1. The number of hydrogen-bond acceptors (Lipinski definition) is 8. The average molecular weight is 530 g/mol. The Hall–Kier alpha value is -3.12. The smallest absolute Gasteiger partial charge is 0.328 e. The maximum Gasteiger partial charge on any atom is 0.328 e. The van der Waals surface area contributed by atoms with Gasteiger partial charge in [0.1, 0.15) is 19.4 Å². The van der Waals surface area contributed by atoms with Crippen LogP contribution < -0.4 is 5.32 Å². The number of nitrogens with one attached hydrogen (secondary N) is 1. The summed E-state index contributed by atoms with van der Waals surface area (Å²) in [5.74, 6) is -1.60. The summed E-state index contributed by atoms with van der Waals surface area (Å²) in [5.41, 5.74) is 4.46. The Balaban J connectivity index is 1.48. The zero-order valence-electron chi connectivity index (χ0n) is 19.5. The molecular weight excluding hydrogens is 506 g/mol. The number of aromatic nitrogens is 2. The highest BCUT2D eigenvalue weighted by molar-refractivity contribution is 7.19. The van der Waals surface area contributed by atoms with Crippen LogP contribution in [0.2, 0.25) is 5.02 Å². The molecule has 4 heterocycles. The van der Waals surface area contributed by atoms with Gasteiger partial charge in [-0.1, -0.05) is 11.6 Å². The molecule has 2 aliphatic rings. The van der Waals surface area contributed by atoms with Crippen molar-refractivity contribution >= 4 is 51.1 Å². The maximum atomic E-state index is 12.6. The summed E-state index contributed by atoms with van der Waals surface area (Å²) >= 11 is 7.85. The molecule has 0 unspecified atom stereocenters. The predicted molar refractivity (Wildman–Crippen MR) is 134 cm³/mol. The first-order chi connectivity index (χ1) is 17.3. The predicted octanol–water partition coefficient (Wildman–Crippen LogP) is 2.70. The maximum absolute atomic E-state index is 12.6. The molecule has 0 spiro atoms. The van der Waals surface area contributed by atoms with Crippen LogP contribution in [0.4, 0.5) is 4.79 Å². The van der Waals surface area contributed by atoms with Gasteiger partial charge in [0.05, 0.1) is 35.2 Å². The number of carbonyl (C=O) groups excluding carboxylic acids is 2. The number of benzene rings is 1. The molecule has 3 amide bonds. The van der Waals surface area contributed by atoms with Crippen molar-refractivity contribution in [3.8, 4) is 11.3 Å². The van der Waals surface area contributed by atoms with E-state index in [1.807, 2.05) is 25.1 Å². The molecule has 1 atom stereocenters. The van der Waals surface area contributed by atoms with E-state index in [9.17, 15) is 14.4 Å². The van der Waals surface area contributed by atoms with Gasteiger partial charge in [0.2, 0.25) is 0 Å². The number of carboxylic acid groups (broad SMARTS) is 1. The number of aryl methyl sites for hydroxylation is 1. The van der Waals surface area contributed by atoms with Gasteiger partial charge in [-0.15, -0.1) is 11.3 Å². The minimum atomic E-state index is -1.16. The fraction of sp³-hybridized carbons (Fsp3) is 0.375. The van der Waals surface area contributed by atoms with Crippen molar-refractivity contribution in [3.63, 3.8) is 0 Å². The van der Waals surface area contributed by atoms with Gasteiger partial charge >= 0.3 is 12.0 Å². The Morgan fingerprint density at radius 1 is 1.31 bits per heavy atom. The topological polar surface area (TPSA) is 125 Å². The summed E-state index contributed by atoms with van der Waals surface area (Å²) in [4.78, 5) is 47.8. The van der Waals surface area contributed by atoms with Crippen LogP contribution in [0.5, 0.6) is 0 Å². The van der Waals surface area contributed by atoms with E-state index in [1.165, 1.54) is 17.7 Å². The molecule has 0 bridgehead atoms. The zero-order chi connectivity index (χ0) is 25.4. The molecular formula is C24H24ClN5O5S. The van der Waals surface area contributed by atoms with E-state index in [-0.39, 0.29) is 19.2 Å². The summed E-state index contributed by atoms with van der Waals surface area (Å²) in [7, 11) is 0. The first-order valence-electron chi connectivity index (χ1n) is 11.5. The Bertz CT molecular complexity index is 1360. The molecule has 0 saturated carbocycles. The monoisotopic (exact) mass is 529 g/mol. The van der Waals surface area contributed by atoms with E-state index in [0.29, 0.717) is 23.6 Å². The Kier molecular flexibility index (Phi) is 6.89. The molecule has 1 aromatic carbocycles. The van der Waals surface area contributed by atoms with Crippen LogP contribution in [0.1, 0.15) is 16.0 Å². The van der Waals surface area contributed by atoms with Crippen molar-refractivity contribution in [2.24, 2.45) is 0 Å². The van der Waals surface area contributed by atoms with Crippen molar-refractivity contribution < 1.29 is 24.2 Å². The molecule has 10 nitrogen and oxygen atoms in total. The summed E-state index contributed by atoms with van der Waals surface area (Å²) < 4.78 is 6.76. The number of halogens is 1. The highest BCUT2D eigenvalue weighted by atomic mass is 35.5. The number of rotatable bonds is 7. The van der Waals surface area contributed by atoms with Crippen LogP contribution >= 0.6 is 22.9 Å². The number of morpholine rings is 1. The summed E-state index contributed by atoms with van der Waals surface area (Å²) in [6, 6.07) is 5.05. The van der Waals surface area contributed by atoms with E-state index >= 15 is 0 Å². The number of thiophene rings is 1. The first-order valence-corrected chi connectivity index (χ1v) is 12.7. The third kappa shape index (κ3) is 4.92. The summed E-state index contributed by atoms with van der Waals surface area (Å²) in [6.45, 7) is 3.56. The molecule has 2 aromatic heterocycles. The molecule has 2 saturated heterocycles. The highest BCUT2D eigenvalue weighted by Crippen LogP contribution is 2.37. The number of aliphatic carboxylic acids is 1. The number of amides is 3. The quantitative estimate of drug-likeness (QED) is 0.448. The number of nitrogens with zero attached hydrogens (tertiary/aromatic N) is 4. The molecule has 2 fully saturated rings. The SMILES string of the molecule is Cc1cc(Cl)cc(-c2ncnc3cc(CN4C(=O)CN(CC(=O)O)C4=O)sc23)c1C[C@@H]1CNCCO1. The van der Waals surface area contributed by atoms with Crippen molar-refractivity contribution in [1.82, 2.24) is 25.1 Å². The fourth-order valence-electron chi connectivity index (χ4n) is 4.60. The van der Waals surface area contributed by atoms with Crippen LogP contribution in [-0.2, 0) is 27.3 Å². The highest BCUT2D eigenvalue weighted by Gasteiger charge is 2.37. The van der Waals surface area contributed by atoms with Gasteiger partial charge in [-0.3, -0.25) is 14.5 Å². The third-order valence-corrected chi connectivity index (χ3v) is 7.59. The van der Waals surface area contributed by atoms with Gasteiger partial charge in [0.15, 0.2) is 0 Å². The van der Waals surface area contributed by atoms with Crippen LogP contribution in [0.25, 0.3) is 21.5 Å². The Labute approximate surface area is 215 Å². The van der Waals surface area contributed by atoms with Crippen molar-refractivity contribution in [2.75, 3.05) is 32.8 Å². The van der Waals surface area contributed by atoms with E-state index in [4.69, 9.17) is 21.4 Å². The molecule has 3 aromatic rings. The lowest BCUT2D eigenvalue weighted by Crippen LogP contribution is -2.39. The summed E-state index contributed by atoms with van der Waals surface area (Å²) in [5, 5.41) is 13.0. The number of carbonyl (C=O) groups is 3. The molecule has 188 valence electrons. The lowest BCUT2D eigenvalue weighted by atomic mass is 9.94. The lowest BCUT2D eigenvalue weighted by Gasteiger charge is -2.25. The van der Waals surface area contributed by atoms with Crippen molar-refractivity contribution in [2.45, 2.75) is 26.0 Å². The third-order valence-electron chi connectivity index (χ3n) is 6.26. The number of ether oxygens (including phenoxy) is 1. The zero-order valence-corrected chi connectivity index (χ0v) is 21.1.